The molecule has 1 atom stereocenters. The summed E-state index contributed by atoms with van der Waals surface area (Å²) < 4.78 is 46.1. The first-order chi connectivity index (χ1) is 13.1. The molecule has 0 radical (unpaired) electrons. The first kappa shape index (κ1) is 21.1. The zero-order valence-corrected chi connectivity index (χ0v) is 15.7. The number of carboxylic acid groups (broad SMARTS) is 1. The summed E-state index contributed by atoms with van der Waals surface area (Å²) in [7, 11) is 0. The van der Waals surface area contributed by atoms with Crippen LogP contribution in [0.3, 0.4) is 0 Å². The van der Waals surface area contributed by atoms with Crippen LogP contribution in [0.15, 0.2) is 11.4 Å². The third-order valence-corrected chi connectivity index (χ3v) is 6.90. The Bertz CT molecular complexity index is 645. The van der Waals surface area contributed by atoms with Crippen molar-refractivity contribution in [2.45, 2.75) is 69.5 Å². The van der Waals surface area contributed by atoms with Crippen molar-refractivity contribution in [2.75, 3.05) is 6.54 Å². The number of carbonyl (C=O) groups excluding carboxylic acids is 1. The van der Waals surface area contributed by atoms with Gasteiger partial charge in [0.2, 0.25) is 0 Å². The number of carbonyl (C=O) groups is 1. The van der Waals surface area contributed by atoms with Crippen molar-refractivity contribution in [3.05, 3.63) is 11.4 Å². The van der Waals surface area contributed by atoms with E-state index in [0.29, 0.717) is 12.1 Å². The molecule has 28 heavy (non-hydrogen) atoms. The van der Waals surface area contributed by atoms with Crippen LogP contribution in [-0.2, 0) is 4.79 Å². The molecule has 0 amide bonds. The number of allylic oxidation sites excluding steroid dienone is 1. The van der Waals surface area contributed by atoms with E-state index in [0.717, 1.165) is 42.6 Å². The predicted octanol–water partition coefficient (Wildman–Crippen LogP) is 2.36. The fourth-order valence-electron chi connectivity index (χ4n) is 6.18. The highest BCUT2D eigenvalue weighted by atomic mass is 19.4. The molecule has 4 nitrogen and oxygen atoms in total. The lowest BCUT2D eigenvalue weighted by molar-refractivity contribution is -0.734. The summed E-state index contributed by atoms with van der Waals surface area (Å²) in [5.74, 6) is -0.373. The van der Waals surface area contributed by atoms with Gasteiger partial charge in [0, 0.05) is 19.3 Å². The first-order valence-corrected chi connectivity index (χ1v) is 10.0. The van der Waals surface area contributed by atoms with E-state index >= 15 is 0 Å². The van der Waals surface area contributed by atoms with Gasteiger partial charge < -0.3 is 15.2 Å². The van der Waals surface area contributed by atoms with Gasteiger partial charge in [-0.05, 0) is 61.9 Å². The van der Waals surface area contributed by atoms with E-state index in [9.17, 15) is 17.6 Å². The molecule has 4 bridgehead atoms. The molecule has 8 heteroatoms. The zero-order valence-electron chi connectivity index (χ0n) is 15.7. The fraction of sp³-hybridized carbons (Fsp3) is 0.800. The van der Waals surface area contributed by atoms with Gasteiger partial charge in [-0.25, -0.2) is 4.39 Å². The SMILES string of the molecule is N#CC1CCC/C1=C(\F)C[NH2+]C12CC3CC(CC(C3)C1)C2.O=C([O-])C(F)(F)F. The molecular weight excluding hydrogens is 376 g/mol. The average Bonchev–Trinajstić information content (AvgIpc) is 3.07. The van der Waals surface area contributed by atoms with Crippen molar-refractivity contribution in [3.63, 3.8) is 0 Å². The minimum Gasteiger partial charge on any atom is -0.542 e. The second-order valence-electron chi connectivity index (χ2n) is 8.98. The molecule has 5 rings (SSSR count). The van der Waals surface area contributed by atoms with Crippen molar-refractivity contribution in [3.8, 4) is 6.07 Å². The van der Waals surface area contributed by atoms with Crippen molar-refractivity contribution < 1.29 is 32.8 Å². The number of carboxylic acids is 1. The van der Waals surface area contributed by atoms with Gasteiger partial charge in [0.1, 0.15) is 12.5 Å². The Kier molecular flexibility index (Phi) is 6.04. The van der Waals surface area contributed by atoms with E-state index in [1.807, 2.05) is 0 Å². The third kappa shape index (κ3) is 4.68. The van der Waals surface area contributed by atoms with Crippen LogP contribution in [0.2, 0.25) is 0 Å². The van der Waals surface area contributed by atoms with Gasteiger partial charge in [-0.3, -0.25) is 0 Å². The van der Waals surface area contributed by atoms with Crippen molar-refractivity contribution in [1.29, 1.82) is 5.26 Å². The number of alkyl halides is 3. The molecule has 0 aliphatic heterocycles. The molecular formula is C20H26F4N2O2. The minimum atomic E-state index is -5.19. The molecule has 5 aliphatic rings. The monoisotopic (exact) mass is 402 g/mol. The minimum absolute atomic E-state index is 0.0230. The second kappa shape index (κ2) is 8.02. The summed E-state index contributed by atoms with van der Waals surface area (Å²) in [6.45, 7) is 0.486. The van der Waals surface area contributed by atoms with Crippen LogP contribution >= 0.6 is 0 Å². The summed E-state index contributed by atoms with van der Waals surface area (Å²) in [5, 5.41) is 20.2. The Hall–Kier alpha value is -1.62. The van der Waals surface area contributed by atoms with Crippen LogP contribution in [-0.4, -0.2) is 24.2 Å². The molecule has 0 aromatic heterocycles. The van der Waals surface area contributed by atoms with Gasteiger partial charge in [0.25, 0.3) is 0 Å². The van der Waals surface area contributed by atoms with E-state index in [1.165, 1.54) is 38.5 Å². The summed E-state index contributed by atoms with van der Waals surface area (Å²) in [5.41, 5.74) is 1.16. The largest absolute Gasteiger partial charge is 0.542 e. The molecule has 0 heterocycles. The van der Waals surface area contributed by atoms with Crippen LogP contribution < -0.4 is 10.4 Å². The summed E-state index contributed by atoms with van der Waals surface area (Å²) in [4.78, 5) is 8.78. The van der Waals surface area contributed by atoms with E-state index in [2.05, 4.69) is 11.4 Å². The van der Waals surface area contributed by atoms with Gasteiger partial charge in [-0.2, -0.15) is 18.4 Å². The molecule has 2 N–H and O–H groups in total. The molecule has 0 spiro atoms. The molecule has 5 saturated carbocycles. The van der Waals surface area contributed by atoms with Crippen molar-refractivity contribution in [2.24, 2.45) is 23.7 Å². The van der Waals surface area contributed by atoms with E-state index < -0.39 is 12.1 Å². The Morgan fingerprint density at radius 2 is 1.68 bits per heavy atom. The number of hydrogen-bond acceptors (Lipinski definition) is 3. The number of nitriles is 1. The number of quaternary nitrogens is 1. The molecule has 0 saturated heterocycles. The Morgan fingerprint density at radius 3 is 2.11 bits per heavy atom. The lowest BCUT2D eigenvalue weighted by Crippen LogP contribution is -2.99. The predicted molar refractivity (Wildman–Crippen MR) is 89.8 cm³/mol. The highest BCUT2D eigenvalue weighted by Gasteiger charge is 2.53. The number of hydrogen-bond donors (Lipinski definition) is 1. The maximum absolute atomic E-state index is 14.5. The Labute approximate surface area is 162 Å². The van der Waals surface area contributed by atoms with Gasteiger partial charge in [0.15, 0.2) is 5.83 Å². The van der Waals surface area contributed by atoms with Crippen LogP contribution in [0.4, 0.5) is 17.6 Å². The number of rotatable bonds is 3. The highest BCUT2D eigenvalue weighted by molar-refractivity contribution is 5.70. The first-order valence-electron chi connectivity index (χ1n) is 10.0. The molecule has 0 aromatic rings. The highest BCUT2D eigenvalue weighted by Crippen LogP contribution is 2.54. The third-order valence-electron chi connectivity index (χ3n) is 6.90. The molecule has 1 unspecified atom stereocenters. The number of nitrogens with zero attached hydrogens (tertiary/aromatic N) is 1. The van der Waals surface area contributed by atoms with Crippen molar-refractivity contribution in [1.82, 2.24) is 0 Å². The number of halogens is 4. The average molecular weight is 402 g/mol. The lowest BCUT2D eigenvalue weighted by Gasteiger charge is -2.54. The van der Waals surface area contributed by atoms with Gasteiger partial charge in [-0.1, -0.05) is 0 Å². The maximum Gasteiger partial charge on any atom is 0.430 e. The summed E-state index contributed by atoms with van der Waals surface area (Å²) >= 11 is 0. The second-order valence-corrected chi connectivity index (χ2v) is 8.98. The summed E-state index contributed by atoms with van der Waals surface area (Å²) in [6.07, 6.45) is 5.69. The maximum atomic E-state index is 14.5. The zero-order chi connectivity index (χ0) is 20.5. The molecule has 5 aliphatic carbocycles. The normalized spacial score (nSPS) is 37.8. The van der Waals surface area contributed by atoms with Crippen LogP contribution in [0.5, 0.6) is 0 Å². The van der Waals surface area contributed by atoms with E-state index in [-0.39, 0.29) is 11.7 Å². The van der Waals surface area contributed by atoms with E-state index in [1.54, 1.807) is 0 Å². The smallest absolute Gasteiger partial charge is 0.430 e. The van der Waals surface area contributed by atoms with Gasteiger partial charge >= 0.3 is 6.18 Å². The standard InChI is InChI=1S/C18H25FN2.C2HF3O2/c19-17(16-3-1-2-15(16)10-20)11-21-18-7-12-4-13(8-18)6-14(5-12)9-18;3-2(4,5)1(6)7/h12-15,21H,1-9,11H2;(H,6,7)/b17-16+;. The molecule has 5 fully saturated rings. The number of aliphatic carboxylic acids is 1. The van der Waals surface area contributed by atoms with Crippen molar-refractivity contribution >= 4 is 5.97 Å². The molecule has 156 valence electrons. The van der Waals surface area contributed by atoms with Gasteiger partial charge in [-0.15, -0.1) is 0 Å². The van der Waals surface area contributed by atoms with Crippen LogP contribution in [0.1, 0.15) is 57.8 Å². The lowest BCUT2D eigenvalue weighted by atomic mass is 9.53. The summed E-state index contributed by atoms with van der Waals surface area (Å²) in [6, 6.07) is 2.28. The van der Waals surface area contributed by atoms with Gasteiger partial charge in [0.05, 0.1) is 17.5 Å². The topological polar surface area (TPSA) is 80.5 Å². The Morgan fingerprint density at radius 1 is 1.18 bits per heavy atom. The van der Waals surface area contributed by atoms with Crippen LogP contribution in [0, 0.1) is 35.0 Å². The quantitative estimate of drug-likeness (QED) is 0.736. The Balaban J connectivity index is 0.000000279. The fourth-order valence-corrected chi connectivity index (χ4v) is 6.18. The number of nitrogens with two attached hydrogens (primary N) is 1. The van der Waals surface area contributed by atoms with E-state index in [4.69, 9.17) is 15.2 Å². The molecule has 0 aromatic carbocycles. The van der Waals surface area contributed by atoms with Crippen LogP contribution in [0.25, 0.3) is 0 Å².